The number of methoxy groups -OCH3 is 1. The van der Waals surface area contributed by atoms with E-state index in [0.717, 1.165) is 51.0 Å². The molecular weight excluding hydrogens is 486 g/mol. The molecule has 39 heavy (non-hydrogen) atoms. The number of fused-ring (bicyclic) bond motifs is 1. The summed E-state index contributed by atoms with van der Waals surface area (Å²) in [5, 5.41) is 0. The van der Waals surface area contributed by atoms with Crippen LogP contribution in [0, 0.1) is 5.41 Å². The lowest BCUT2D eigenvalue weighted by Gasteiger charge is -2.35. The van der Waals surface area contributed by atoms with Gasteiger partial charge in [-0.05, 0) is 73.7 Å². The Morgan fingerprint density at radius 3 is 2.56 bits per heavy atom. The standard InChI is InChI=1S/C33H47N3O3/c1-6-39-24-23-36-29-12-8-7-11-28(29)34-32(36)30-13-9-10-21-35(30)22-20-25-14-16-26(17-15-25)27(33(2,3)4)18-19-31(37)38-5/h7-8,11-12,14-17,27,30H,6,9-10,13,18-24H2,1-5H3. The lowest BCUT2D eigenvalue weighted by molar-refractivity contribution is -0.140. The number of hydrogen-bond donors (Lipinski definition) is 0. The quantitative estimate of drug-likeness (QED) is 0.187. The Morgan fingerprint density at radius 2 is 1.85 bits per heavy atom. The van der Waals surface area contributed by atoms with E-state index in [1.54, 1.807) is 0 Å². The van der Waals surface area contributed by atoms with Gasteiger partial charge in [0.1, 0.15) is 5.82 Å². The van der Waals surface area contributed by atoms with Gasteiger partial charge < -0.3 is 14.0 Å². The molecule has 212 valence electrons. The van der Waals surface area contributed by atoms with Crippen molar-refractivity contribution in [2.75, 3.05) is 33.4 Å². The van der Waals surface area contributed by atoms with Crippen LogP contribution in [-0.4, -0.2) is 53.8 Å². The number of esters is 1. The molecule has 2 unspecified atom stereocenters. The first-order valence-corrected chi connectivity index (χ1v) is 14.7. The number of aromatic nitrogens is 2. The van der Waals surface area contributed by atoms with Gasteiger partial charge in [0.15, 0.2) is 0 Å². The number of likely N-dealkylation sites (tertiary alicyclic amines) is 1. The van der Waals surface area contributed by atoms with Crippen LogP contribution in [-0.2, 0) is 27.2 Å². The molecule has 0 spiro atoms. The van der Waals surface area contributed by atoms with Crippen molar-refractivity contribution < 1.29 is 14.3 Å². The number of carbonyl (C=O) groups is 1. The molecule has 3 aromatic rings. The molecule has 2 atom stereocenters. The van der Waals surface area contributed by atoms with Crippen LogP contribution in [0.4, 0.5) is 0 Å². The molecule has 1 aliphatic rings. The molecule has 1 aliphatic heterocycles. The smallest absolute Gasteiger partial charge is 0.305 e. The Bertz CT molecular complexity index is 1200. The van der Waals surface area contributed by atoms with Crippen molar-refractivity contribution in [1.82, 2.24) is 14.5 Å². The molecular formula is C33H47N3O3. The van der Waals surface area contributed by atoms with Gasteiger partial charge in [-0.2, -0.15) is 0 Å². The fourth-order valence-electron chi connectivity index (χ4n) is 6.09. The van der Waals surface area contributed by atoms with Crippen molar-refractivity contribution in [3.63, 3.8) is 0 Å². The predicted molar refractivity (Wildman–Crippen MR) is 158 cm³/mol. The van der Waals surface area contributed by atoms with E-state index in [1.165, 1.54) is 42.4 Å². The maximum Gasteiger partial charge on any atom is 0.305 e. The van der Waals surface area contributed by atoms with Crippen molar-refractivity contribution in [1.29, 1.82) is 0 Å². The number of para-hydroxylation sites is 2. The third kappa shape index (κ3) is 7.49. The summed E-state index contributed by atoms with van der Waals surface area (Å²) in [6, 6.07) is 17.9. The second-order valence-electron chi connectivity index (χ2n) is 11.9. The first-order valence-electron chi connectivity index (χ1n) is 14.7. The second kappa shape index (κ2) is 13.6. The lowest BCUT2D eigenvalue weighted by atomic mass is 9.74. The summed E-state index contributed by atoms with van der Waals surface area (Å²) in [4.78, 5) is 19.6. The van der Waals surface area contributed by atoms with Crippen molar-refractivity contribution in [2.24, 2.45) is 5.41 Å². The molecule has 6 nitrogen and oxygen atoms in total. The summed E-state index contributed by atoms with van der Waals surface area (Å²) in [7, 11) is 1.46. The third-order valence-electron chi connectivity index (χ3n) is 8.24. The van der Waals surface area contributed by atoms with Crippen molar-refractivity contribution in [2.45, 2.75) is 84.7 Å². The number of rotatable bonds is 12. The van der Waals surface area contributed by atoms with Gasteiger partial charge in [-0.1, -0.05) is 63.6 Å². The molecule has 6 heteroatoms. The van der Waals surface area contributed by atoms with Crippen LogP contribution in [0.15, 0.2) is 48.5 Å². The normalized spacial score (nSPS) is 17.4. The number of nitrogens with zero attached hydrogens (tertiary/aromatic N) is 3. The largest absolute Gasteiger partial charge is 0.469 e. The SMILES string of the molecule is CCOCCn1c(C2CCCCN2CCc2ccc(C(CCC(=O)OC)C(C)(C)C)cc2)nc2ccccc21. The average molecular weight is 534 g/mol. The molecule has 0 amide bonds. The van der Waals surface area contributed by atoms with Gasteiger partial charge in [-0.15, -0.1) is 0 Å². The number of benzene rings is 2. The van der Waals surface area contributed by atoms with E-state index in [1.807, 2.05) is 6.92 Å². The van der Waals surface area contributed by atoms with E-state index in [0.29, 0.717) is 25.0 Å². The Hall–Kier alpha value is -2.70. The average Bonchev–Trinajstić information content (AvgIpc) is 3.30. The summed E-state index contributed by atoms with van der Waals surface area (Å²) in [6.07, 6.45) is 5.89. The highest BCUT2D eigenvalue weighted by atomic mass is 16.5. The van der Waals surface area contributed by atoms with E-state index >= 15 is 0 Å². The maximum atomic E-state index is 11.8. The number of hydrogen-bond acceptors (Lipinski definition) is 5. The van der Waals surface area contributed by atoms with E-state index in [-0.39, 0.29) is 11.4 Å². The molecule has 0 aliphatic carbocycles. The molecule has 0 radical (unpaired) electrons. The fourth-order valence-corrected chi connectivity index (χ4v) is 6.09. The first-order chi connectivity index (χ1) is 18.8. The van der Waals surface area contributed by atoms with Crippen LogP contribution in [0.2, 0.25) is 0 Å². The summed E-state index contributed by atoms with van der Waals surface area (Å²) >= 11 is 0. The van der Waals surface area contributed by atoms with E-state index in [2.05, 4.69) is 78.8 Å². The highest BCUT2D eigenvalue weighted by molar-refractivity contribution is 5.76. The highest BCUT2D eigenvalue weighted by Crippen LogP contribution is 2.39. The maximum absolute atomic E-state index is 11.8. The van der Waals surface area contributed by atoms with Crippen LogP contribution in [0.3, 0.4) is 0 Å². The Labute approximate surface area is 234 Å². The molecule has 1 aromatic heterocycles. The first kappa shape index (κ1) is 29.3. The topological polar surface area (TPSA) is 56.6 Å². The highest BCUT2D eigenvalue weighted by Gasteiger charge is 2.29. The van der Waals surface area contributed by atoms with Gasteiger partial charge in [0.2, 0.25) is 0 Å². The van der Waals surface area contributed by atoms with Gasteiger partial charge >= 0.3 is 5.97 Å². The number of ether oxygens (including phenoxy) is 2. The van der Waals surface area contributed by atoms with Crippen LogP contribution < -0.4 is 0 Å². The van der Waals surface area contributed by atoms with Crippen molar-refractivity contribution in [3.05, 3.63) is 65.5 Å². The minimum absolute atomic E-state index is 0.0736. The van der Waals surface area contributed by atoms with Gasteiger partial charge in [0.05, 0.1) is 30.8 Å². The van der Waals surface area contributed by atoms with E-state index < -0.39 is 0 Å². The molecule has 2 heterocycles. The molecule has 1 saturated heterocycles. The molecule has 0 saturated carbocycles. The predicted octanol–water partition coefficient (Wildman–Crippen LogP) is 6.93. The second-order valence-corrected chi connectivity index (χ2v) is 11.9. The Balaban J connectivity index is 1.47. The summed E-state index contributed by atoms with van der Waals surface area (Å²) < 4.78 is 13.0. The number of carbonyl (C=O) groups excluding carboxylic acids is 1. The van der Waals surface area contributed by atoms with Gasteiger partial charge in [-0.3, -0.25) is 9.69 Å². The zero-order valence-corrected chi connectivity index (χ0v) is 24.6. The fraction of sp³-hybridized carbons (Fsp3) is 0.576. The van der Waals surface area contributed by atoms with Crippen molar-refractivity contribution in [3.8, 4) is 0 Å². The molecule has 1 fully saturated rings. The van der Waals surface area contributed by atoms with E-state index in [4.69, 9.17) is 14.5 Å². The third-order valence-corrected chi connectivity index (χ3v) is 8.24. The minimum Gasteiger partial charge on any atom is -0.469 e. The zero-order chi connectivity index (χ0) is 27.8. The summed E-state index contributed by atoms with van der Waals surface area (Å²) in [5.41, 5.74) is 5.01. The molecule has 0 bridgehead atoms. The number of piperidine rings is 1. The molecule has 4 rings (SSSR count). The van der Waals surface area contributed by atoms with Gasteiger partial charge in [-0.25, -0.2) is 4.98 Å². The zero-order valence-electron chi connectivity index (χ0n) is 24.6. The summed E-state index contributed by atoms with van der Waals surface area (Å²) in [5.74, 6) is 1.36. The van der Waals surface area contributed by atoms with Gasteiger partial charge in [0.25, 0.3) is 0 Å². The molecule has 0 N–H and O–H groups in total. The molecule has 2 aromatic carbocycles. The van der Waals surface area contributed by atoms with Crippen LogP contribution >= 0.6 is 0 Å². The summed E-state index contributed by atoms with van der Waals surface area (Å²) in [6.45, 7) is 13.2. The van der Waals surface area contributed by atoms with Crippen LogP contribution in [0.5, 0.6) is 0 Å². The van der Waals surface area contributed by atoms with Crippen LogP contribution in [0.1, 0.15) is 88.7 Å². The lowest BCUT2D eigenvalue weighted by Crippen LogP contribution is -2.36. The van der Waals surface area contributed by atoms with Gasteiger partial charge in [0, 0.05) is 26.1 Å². The van der Waals surface area contributed by atoms with E-state index in [9.17, 15) is 4.79 Å². The minimum atomic E-state index is -0.136. The number of imidazole rings is 1. The van der Waals surface area contributed by atoms with Crippen LogP contribution in [0.25, 0.3) is 11.0 Å². The monoisotopic (exact) mass is 533 g/mol. The Kier molecular flexibility index (Phi) is 10.2. The van der Waals surface area contributed by atoms with Crippen molar-refractivity contribution >= 4 is 17.0 Å². The Morgan fingerprint density at radius 1 is 1.08 bits per heavy atom.